The van der Waals surface area contributed by atoms with E-state index in [1.165, 1.54) is 17.2 Å². The normalized spacial score (nSPS) is 14.3. The fourth-order valence-corrected chi connectivity index (χ4v) is 1.96. The third-order valence-corrected chi connectivity index (χ3v) is 2.92. The van der Waals surface area contributed by atoms with Crippen molar-refractivity contribution in [2.75, 3.05) is 0 Å². The lowest BCUT2D eigenvalue weighted by Gasteiger charge is -2.05. The van der Waals surface area contributed by atoms with Gasteiger partial charge in [0.25, 0.3) is 0 Å². The first kappa shape index (κ1) is 12.6. The number of amides is 1. The summed E-state index contributed by atoms with van der Waals surface area (Å²) in [6.07, 6.45) is 6.99. The lowest BCUT2D eigenvalue weighted by molar-refractivity contribution is -0.116. The van der Waals surface area contributed by atoms with E-state index in [-0.39, 0.29) is 5.91 Å². The van der Waals surface area contributed by atoms with Crippen molar-refractivity contribution in [2.24, 2.45) is 0 Å². The Labute approximate surface area is 108 Å². The summed E-state index contributed by atoms with van der Waals surface area (Å²) in [4.78, 5) is 11.5. The highest BCUT2D eigenvalue weighted by atomic mass is 16.1. The van der Waals surface area contributed by atoms with Crippen LogP contribution in [0.5, 0.6) is 0 Å². The molecule has 3 nitrogen and oxygen atoms in total. The van der Waals surface area contributed by atoms with Crippen molar-refractivity contribution < 1.29 is 4.79 Å². The monoisotopic (exact) mass is 242 g/mol. The summed E-state index contributed by atoms with van der Waals surface area (Å²) < 4.78 is 0. The van der Waals surface area contributed by atoms with E-state index in [0.717, 1.165) is 18.7 Å². The van der Waals surface area contributed by atoms with E-state index in [4.69, 9.17) is 0 Å². The zero-order chi connectivity index (χ0) is 12.8. The summed E-state index contributed by atoms with van der Waals surface area (Å²) in [6.45, 7) is 4.37. The molecule has 1 aliphatic heterocycles. The first-order chi connectivity index (χ1) is 8.79. The molecule has 1 aromatic rings. The summed E-state index contributed by atoms with van der Waals surface area (Å²) >= 11 is 0. The van der Waals surface area contributed by atoms with E-state index in [9.17, 15) is 4.79 Å². The van der Waals surface area contributed by atoms with Crippen molar-refractivity contribution in [1.82, 2.24) is 10.6 Å². The average Bonchev–Trinajstić information content (AvgIpc) is 2.84. The molecule has 0 fully saturated rings. The molecule has 0 bridgehead atoms. The van der Waals surface area contributed by atoms with Gasteiger partial charge in [-0.05, 0) is 23.6 Å². The Balaban J connectivity index is 1.88. The Morgan fingerprint density at radius 1 is 1.33 bits per heavy atom. The number of carbonyl (C=O) groups is 1. The van der Waals surface area contributed by atoms with Crippen LogP contribution in [0.1, 0.15) is 23.6 Å². The highest BCUT2D eigenvalue weighted by Gasteiger charge is 2.09. The maximum absolute atomic E-state index is 11.5. The molecule has 2 rings (SSSR count). The molecular formula is C15H18N2O. The highest BCUT2D eigenvalue weighted by molar-refractivity contribution is 5.87. The summed E-state index contributed by atoms with van der Waals surface area (Å²) in [5.41, 5.74) is 3.84. The molecular weight excluding hydrogens is 224 g/mol. The number of nitrogens with one attached hydrogen (secondary N) is 2. The molecule has 1 heterocycles. The van der Waals surface area contributed by atoms with Crippen molar-refractivity contribution in [2.45, 2.75) is 26.6 Å². The topological polar surface area (TPSA) is 41.1 Å². The second kappa shape index (κ2) is 6.17. The Kier molecular flexibility index (Phi) is 4.31. The standard InChI is InChI=1S/C15H18N2O/c1-2-3-4-5-15(18)17-9-12-6-7-13-10-16-11-14(13)8-12/h2-8,16H,9-11H2,1H3,(H,17,18). The molecule has 0 aromatic heterocycles. The maximum atomic E-state index is 11.5. The second-order valence-electron chi connectivity index (χ2n) is 4.31. The van der Waals surface area contributed by atoms with Crippen LogP contribution in [0.4, 0.5) is 0 Å². The number of rotatable bonds is 4. The van der Waals surface area contributed by atoms with Crippen LogP contribution in [0.15, 0.2) is 42.5 Å². The fraction of sp³-hybridized carbons (Fsp3) is 0.267. The van der Waals surface area contributed by atoms with Crippen LogP contribution in [0.25, 0.3) is 0 Å². The van der Waals surface area contributed by atoms with E-state index in [2.05, 4.69) is 28.8 Å². The van der Waals surface area contributed by atoms with E-state index < -0.39 is 0 Å². The summed E-state index contributed by atoms with van der Waals surface area (Å²) in [7, 11) is 0. The Morgan fingerprint density at radius 3 is 3.00 bits per heavy atom. The van der Waals surface area contributed by atoms with Gasteiger partial charge in [-0.2, -0.15) is 0 Å². The van der Waals surface area contributed by atoms with E-state index in [1.54, 1.807) is 6.08 Å². The number of carbonyl (C=O) groups excluding carboxylic acids is 1. The number of hydrogen-bond acceptors (Lipinski definition) is 2. The highest BCUT2D eigenvalue weighted by Crippen LogP contribution is 2.16. The lowest BCUT2D eigenvalue weighted by Crippen LogP contribution is -2.20. The molecule has 1 aliphatic rings. The fourth-order valence-electron chi connectivity index (χ4n) is 1.96. The molecule has 2 N–H and O–H groups in total. The van der Waals surface area contributed by atoms with Gasteiger partial charge >= 0.3 is 0 Å². The molecule has 1 aromatic carbocycles. The zero-order valence-electron chi connectivity index (χ0n) is 10.6. The van der Waals surface area contributed by atoms with Gasteiger partial charge in [-0.25, -0.2) is 0 Å². The van der Waals surface area contributed by atoms with Crippen molar-refractivity contribution >= 4 is 5.91 Å². The third kappa shape index (κ3) is 3.31. The number of allylic oxidation sites excluding steroid dienone is 3. The Bertz CT molecular complexity index is 489. The zero-order valence-corrected chi connectivity index (χ0v) is 10.6. The summed E-state index contributed by atoms with van der Waals surface area (Å²) in [5.74, 6) is -0.0632. The summed E-state index contributed by atoms with van der Waals surface area (Å²) in [6, 6.07) is 6.36. The van der Waals surface area contributed by atoms with Crippen molar-refractivity contribution in [1.29, 1.82) is 0 Å². The third-order valence-electron chi connectivity index (χ3n) is 2.92. The number of benzene rings is 1. The van der Waals surface area contributed by atoms with Gasteiger partial charge in [-0.15, -0.1) is 0 Å². The van der Waals surface area contributed by atoms with Gasteiger partial charge < -0.3 is 10.6 Å². The van der Waals surface area contributed by atoms with Crippen LogP contribution in [0.3, 0.4) is 0 Å². The van der Waals surface area contributed by atoms with E-state index in [0.29, 0.717) is 6.54 Å². The molecule has 18 heavy (non-hydrogen) atoms. The molecule has 0 atom stereocenters. The lowest BCUT2D eigenvalue weighted by atomic mass is 10.1. The van der Waals surface area contributed by atoms with Gasteiger partial charge in [0.1, 0.15) is 0 Å². The van der Waals surface area contributed by atoms with Gasteiger partial charge in [0.05, 0.1) is 0 Å². The quantitative estimate of drug-likeness (QED) is 0.626. The first-order valence-corrected chi connectivity index (χ1v) is 6.18. The van der Waals surface area contributed by atoms with Crippen LogP contribution < -0.4 is 10.6 Å². The van der Waals surface area contributed by atoms with Gasteiger partial charge in [0.2, 0.25) is 5.91 Å². The van der Waals surface area contributed by atoms with Crippen LogP contribution in [0, 0.1) is 0 Å². The number of fused-ring (bicyclic) bond motifs is 1. The van der Waals surface area contributed by atoms with Crippen molar-refractivity contribution in [3.8, 4) is 0 Å². The average molecular weight is 242 g/mol. The van der Waals surface area contributed by atoms with Crippen LogP contribution in [-0.4, -0.2) is 5.91 Å². The predicted octanol–water partition coefficient (Wildman–Crippen LogP) is 2.04. The Hall–Kier alpha value is -1.87. The minimum absolute atomic E-state index is 0.0632. The van der Waals surface area contributed by atoms with Crippen LogP contribution in [0.2, 0.25) is 0 Å². The minimum atomic E-state index is -0.0632. The smallest absolute Gasteiger partial charge is 0.244 e. The van der Waals surface area contributed by atoms with Crippen molar-refractivity contribution in [3.63, 3.8) is 0 Å². The summed E-state index contributed by atoms with van der Waals surface area (Å²) in [5, 5.41) is 6.18. The maximum Gasteiger partial charge on any atom is 0.244 e. The van der Waals surface area contributed by atoms with Gasteiger partial charge in [-0.3, -0.25) is 4.79 Å². The van der Waals surface area contributed by atoms with Crippen LogP contribution >= 0.6 is 0 Å². The Morgan fingerprint density at radius 2 is 2.17 bits per heavy atom. The second-order valence-corrected chi connectivity index (χ2v) is 4.31. The SMILES string of the molecule is CC=CC=CC(=O)NCc1ccc2c(c1)CNC2. The minimum Gasteiger partial charge on any atom is -0.348 e. The molecule has 0 radical (unpaired) electrons. The van der Waals surface area contributed by atoms with Gasteiger partial charge in [0, 0.05) is 25.7 Å². The van der Waals surface area contributed by atoms with E-state index >= 15 is 0 Å². The molecule has 3 heteroatoms. The van der Waals surface area contributed by atoms with Gasteiger partial charge in [-0.1, -0.05) is 36.4 Å². The van der Waals surface area contributed by atoms with Crippen LogP contribution in [-0.2, 0) is 24.4 Å². The molecule has 0 spiro atoms. The molecule has 0 unspecified atom stereocenters. The molecule has 0 aliphatic carbocycles. The molecule has 0 saturated carbocycles. The predicted molar refractivity (Wildman–Crippen MR) is 72.8 cm³/mol. The first-order valence-electron chi connectivity index (χ1n) is 6.18. The van der Waals surface area contributed by atoms with E-state index in [1.807, 2.05) is 19.1 Å². The van der Waals surface area contributed by atoms with Gasteiger partial charge in [0.15, 0.2) is 0 Å². The van der Waals surface area contributed by atoms with Crippen molar-refractivity contribution in [3.05, 3.63) is 59.2 Å². The largest absolute Gasteiger partial charge is 0.348 e. The molecule has 0 saturated heterocycles. The number of hydrogen-bond donors (Lipinski definition) is 2. The molecule has 94 valence electrons. The molecule has 1 amide bonds.